The summed E-state index contributed by atoms with van der Waals surface area (Å²) in [5.41, 5.74) is 0.682. The normalized spacial score (nSPS) is 24.9. The van der Waals surface area contributed by atoms with Crippen molar-refractivity contribution in [3.63, 3.8) is 0 Å². The molecule has 7 heteroatoms. The van der Waals surface area contributed by atoms with Crippen LogP contribution >= 0.6 is 0 Å². The number of ether oxygens (including phenoxy) is 1. The minimum atomic E-state index is -4.16. The van der Waals surface area contributed by atoms with Crippen molar-refractivity contribution >= 4 is 0 Å². The lowest BCUT2D eigenvalue weighted by atomic mass is 9.74. The van der Waals surface area contributed by atoms with E-state index in [2.05, 4.69) is 10.4 Å². The number of nitrogens with one attached hydrogen (secondary N) is 1. The molecular formula is C14H22F3N3O. The van der Waals surface area contributed by atoms with E-state index in [9.17, 15) is 13.2 Å². The van der Waals surface area contributed by atoms with Crippen molar-refractivity contribution in [3.05, 3.63) is 11.9 Å². The lowest BCUT2D eigenvalue weighted by Gasteiger charge is -2.38. The molecule has 1 aromatic heterocycles. The molecule has 0 bridgehead atoms. The number of aryl methyl sites for hydroxylation is 1. The summed E-state index contributed by atoms with van der Waals surface area (Å²) in [7, 11) is 4.93. The fourth-order valence-electron chi connectivity index (χ4n) is 3.46. The number of aromatic nitrogens is 2. The van der Waals surface area contributed by atoms with Crippen LogP contribution in [0.2, 0.25) is 0 Å². The van der Waals surface area contributed by atoms with E-state index < -0.39 is 24.1 Å². The highest BCUT2D eigenvalue weighted by atomic mass is 19.4. The van der Waals surface area contributed by atoms with Gasteiger partial charge >= 0.3 is 6.18 Å². The first-order valence-electron chi connectivity index (χ1n) is 7.20. The van der Waals surface area contributed by atoms with Crippen LogP contribution in [-0.2, 0) is 7.05 Å². The predicted molar refractivity (Wildman–Crippen MR) is 73.1 cm³/mol. The number of halogens is 3. The molecule has 0 radical (unpaired) electrons. The summed E-state index contributed by atoms with van der Waals surface area (Å²) in [6, 6.07) is -0.417. The third-order valence-corrected chi connectivity index (χ3v) is 4.44. The molecule has 0 saturated heterocycles. The maximum atomic E-state index is 13.3. The maximum Gasteiger partial charge on any atom is 0.392 e. The SMILES string of the molecule is CNC(c1c(OC)cnn1C)C1CCCCC1C(F)(F)F. The molecule has 0 spiro atoms. The maximum absolute atomic E-state index is 13.3. The number of nitrogens with zero attached hydrogens (tertiary/aromatic N) is 2. The average Bonchev–Trinajstić information content (AvgIpc) is 2.81. The van der Waals surface area contributed by atoms with Crippen molar-refractivity contribution in [3.8, 4) is 5.75 Å². The van der Waals surface area contributed by atoms with Gasteiger partial charge in [-0.2, -0.15) is 18.3 Å². The molecule has 1 aliphatic carbocycles. The van der Waals surface area contributed by atoms with E-state index >= 15 is 0 Å². The molecule has 0 aliphatic heterocycles. The molecular weight excluding hydrogens is 283 g/mol. The summed E-state index contributed by atoms with van der Waals surface area (Å²) in [5.74, 6) is -1.24. The van der Waals surface area contributed by atoms with Crippen LogP contribution < -0.4 is 10.1 Å². The molecule has 3 atom stereocenters. The molecule has 120 valence electrons. The number of methoxy groups -OCH3 is 1. The van der Waals surface area contributed by atoms with E-state index in [1.54, 1.807) is 25.0 Å². The molecule has 1 aliphatic rings. The van der Waals surface area contributed by atoms with Gasteiger partial charge in [-0.05, 0) is 25.8 Å². The van der Waals surface area contributed by atoms with Crippen LogP contribution in [0.15, 0.2) is 6.20 Å². The van der Waals surface area contributed by atoms with Crippen molar-refractivity contribution in [1.29, 1.82) is 0 Å². The van der Waals surface area contributed by atoms with E-state index in [0.717, 1.165) is 6.42 Å². The zero-order chi connectivity index (χ0) is 15.6. The molecule has 2 rings (SSSR count). The summed E-state index contributed by atoms with van der Waals surface area (Å²) in [6.45, 7) is 0. The molecule has 3 unspecified atom stereocenters. The van der Waals surface area contributed by atoms with E-state index in [1.165, 1.54) is 7.11 Å². The zero-order valence-electron chi connectivity index (χ0n) is 12.6. The fraction of sp³-hybridized carbons (Fsp3) is 0.786. The van der Waals surface area contributed by atoms with Crippen LogP contribution in [-0.4, -0.2) is 30.1 Å². The van der Waals surface area contributed by atoms with E-state index in [4.69, 9.17) is 4.74 Å². The minimum absolute atomic E-state index is 0.201. The first kappa shape index (κ1) is 16.1. The lowest BCUT2D eigenvalue weighted by molar-refractivity contribution is -0.199. The second kappa shape index (κ2) is 6.25. The Balaban J connectivity index is 2.36. The highest BCUT2D eigenvalue weighted by Crippen LogP contribution is 2.47. The Morgan fingerprint density at radius 3 is 2.62 bits per heavy atom. The van der Waals surface area contributed by atoms with Gasteiger partial charge in [0, 0.05) is 7.05 Å². The van der Waals surface area contributed by atoms with Crippen LogP contribution in [0, 0.1) is 11.8 Å². The lowest BCUT2D eigenvalue weighted by Crippen LogP contribution is -2.40. The van der Waals surface area contributed by atoms with Crippen molar-refractivity contribution in [2.75, 3.05) is 14.2 Å². The Morgan fingerprint density at radius 1 is 1.38 bits per heavy atom. The van der Waals surface area contributed by atoms with Gasteiger partial charge in [0.25, 0.3) is 0 Å². The van der Waals surface area contributed by atoms with Gasteiger partial charge in [-0.3, -0.25) is 4.68 Å². The van der Waals surface area contributed by atoms with Crippen LogP contribution in [0.5, 0.6) is 5.75 Å². The first-order valence-corrected chi connectivity index (χ1v) is 7.20. The van der Waals surface area contributed by atoms with Crippen LogP contribution in [0.4, 0.5) is 13.2 Å². The van der Waals surface area contributed by atoms with E-state index in [1.807, 2.05) is 0 Å². The van der Waals surface area contributed by atoms with E-state index in [-0.39, 0.29) is 6.42 Å². The minimum Gasteiger partial charge on any atom is -0.493 e. The van der Waals surface area contributed by atoms with Gasteiger partial charge in [0.05, 0.1) is 31.0 Å². The quantitative estimate of drug-likeness (QED) is 0.929. The van der Waals surface area contributed by atoms with Gasteiger partial charge in [0.2, 0.25) is 0 Å². The molecule has 4 nitrogen and oxygen atoms in total. The Hall–Kier alpha value is -1.24. The molecule has 0 amide bonds. The Labute approximate surface area is 122 Å². The zero-order valence-corrected chi connectivity index (χ0v) is 12.6. The highest BCUT2D eigenvalue weighted by Gasteiger charge is 2.48. The third-order valence-electron chi connectivity index (χ3n) is 4.44. The Bertz CT molecular complexity index is 473. The van der Waals surface area contributed by atoms with Gasteiger partial charge in [-0.1, -0.05) is 12.8 Å². The van der Waals surface area contributed by atoms with Gasteiger partial charge in [-0.15, -0.1) is 0 Å². The molecule has 0 aromatic carbocycles. The predicted octanol–water partition coefficient (Wildman–Crippen LogP) is 3.06. The van der Waals surface area contributed by atoms with Crippen molar-refractivity contribution in [2.24, 2.45) is 18.9 Å². The van der Waals surface area contributed by atoms with Gasteiger partial charge in [0.1, 0.15) is 0 Å². The van der Waals surface area contributed by atoms with Crippen LogP contribution in [0.1, 0.15) is 37.4 Å². The van der Waals surface area contributed by atoms with Crippen molar-refractivity contribution in [2.45, 2.75) is 37.9 Å². The molecule has 1 saturated carbocycles. The molecule has 1 heterocycles. The molecule has 21 heavy (non-hydrogen) atoms. The monoisotopic (exact) mass is 305 g/mol. The van der Waals surface area contributed by atoms with Gasteiger partial charge in [-0.25, -0.2) is 0 Å². The van der Waals surface area contributed by atoms with Crippen LogP contribution in [0.25, 0.3) is 0 Å². The molecule has 1 aromatic rings. The number of hydrogen-bond acceptors (Lipinski definition) is 3. The second-order valence-corrected chi connectivity index (χ2v) is 5.58. The molecule has 1 fully saturated rings. The highest BCUT2D eigenvalue weighted by molar-refractivity contribution is 5.29. The summed E-state index contributed by atoms with van der Waals surface area (Å²) in [5, 5.41) is 7.16. The van der Waals surface area contributed by atoms with E-state index in [0.29, 0.717) is 24.3 Å². The van der Waals surface area contributed by atoms with Crippen molar-refractivity contribution in [1.82, 2.24) is 15.1 Å². The smallest absolute Gasteiger partial charge is 0.392 e. The third kappa shape index (κ3) is 3.17. The summed E-state index contributed by atoms with van der Waals surface area (Å²) < 4.78 is 46.8. The summed E-state index contributed by atoms with van der Waals surface area (Å²) in [4.78, 5) is 0. The Kier molecular flexibility index (Phi) is 4.81. The molecule has 1 N–H and O–H groups in total. The number of hydrogen-bond donors (Lipinski definition) is 1. The topological polar surface area (TPSA) is 39.1 Å². The number of rotatable bonds is 4. The van der Waals surface area contributed by atoms with Gasteiger partial charge < -0.3 is 10.1 Å². The largest absolute Gasteiger partial charge is 0.493 e. The van der Waals surface area contributed by atoms with Crippen molar-refractivity contribution < 1.29 is 17.9 Å². The first-order chi connectivity index (χ1) is 9.90. The summed E-state index contributed by atoms with van der Waals surface area (Å²) in [6.07, 6.45) is -0.386. The summed E-state index contributed by atoms with van der Waals surface area (Å²) >= 11 is 0. The average molecular weight is 305 g/mol. The van der Waals surface area contributed by atoms with Gasteiger partial charge in [0.15, 0.2) is 5.75 Å². The number of alkyl halides is 3. The second-order valence-electron chi connectivity index (χ2n) is 5.58. The standard InChI is InChI=1S/C14H22F3N3O/c1-18-12(13-11(21-3)8-19-20(13)2)9-6-4-5-7-10(9)14(15,16)17/h8-10,12,18H,4-7H2,1-3H3. The Morgan fingerprint density at radius 2 is 2.05 bits per heavy atom. The van der Waals surface area contributed by atoms with Crippen LogP contribution in [0.3, 0.4) is 0 Å². The fourth-order valence-corrected chi connectivity index (χ4v) is 3.46.